The van der Waals surface area contributed by atoms with Gasteiger partial charge in [0.1, 0.15) is 0 Å². The zero-order valence-electron chi connectivity index (χ0n) is 10.8. The van der Waals surface area contributed by atoms with Gasteiger partial charge in [0, 0.05) is 23.4 Å². The van der Waals surface area contributed by atoms with Crippen LogP contribution in [0.25, 0.3) is 0 Å². The molecule has 0 aliphatic carbocycles. The Morgan fingerprint density at radius 2 is 1.79 bits per heavy atom. The summed E-state index contributed by atoms with van der Waals surface area (Å²) in [6, 6.07) is 6.16. The van der Waals surface area contributed by atoms with E-state index in [-0.39, 0.29) is 18.6 Å². The van der Waals surface area contributed by atoms with E-state index in [1.165, 1.54) is 0 Å². The van der Waals surface area contributed by atoms with Gasteiger partial charge in [0.15, 0.2) is 0 Å². The summed E-state index contributed by atoms with van der Waals surface area (Å²) in [7, 11) is 0. The lowest BCUT2D eigenvalue weighted by atomic mass is 10.1. The van der Waals surface area contributed by atoms with Crippen molar-refractivity contribution < 1.29 is 14.7 Å². The summed E-state index contributed by atoms with van der Waals surface area (Å²) in [6.07, 6.45) is 0. The molecule has 104 valence electrons. The first-order valence-corrected chi connectivity index (χ1v) is 6.30. The fraction of sp³-hybridized carbons (Fsp3) is 0.385. The molecule has 2 atom stereocenters. The van der Waals surface area contributed by atoms with Gasteiger partial charge in [-0.15, -0.1) is 0 Å². The van der Waals surface area contributed by atoms with E-state index >= 15 is 0 Å². The number of anilines is 1. The number of aliphatic hydroxyl groups is 1. The SMILES string of the molecule is CC(CO)C(C)NC(=O)C(=O)Nc1ccc(Cl)cc1. The number of halogens is 1. The van der Waals surface area contributed by atoms with Crippen LogP contribution in [0.5, 0.6) is 0 Å². The molecule has 0 radical (unpaired) electrons. The van der Waals surface area contributed by atoms with Crippen molar-refractivity contribution in [1.29, 1.82) is 0 Å². The fourth-order valence-electron chi connectivity index (χ4n) is 1.29. The third kappa shape index (κ3) is 4.89. The second kappa shape index (κ2) is 7.11. The van der Waals surface area contributed by atoms with E-state index in [2.05, 4.69) is 10.6 Å². The van der Waals surface area contributed by atoms with Crippen molar-refractivity contribution in [2.75, 3.05) is 11.9 Å². The number of hydrogen-bond acceptors (Lipinski definition) is 3. The Hall–Kier alpha value is -1.59. The second-order valence-electron chi connectivity index (χ2n) is 4.38. The number of nitrogens with one attached hydrogen (secondary N) is 2. The first-order chi connectivity index (χ1) is 8.93. The molecule has 0 spiro atoms. The number of rotatable bonds is 4. The van der Waals surface area contributed by atoms with Crippen LogP contribution in [0.4, 0.5) is 5.69 Å². The van der Waals surface area contributed by atoms with Gasteiger partial charge in [-0.25, -0.2) is 0 Å². The van der Waals surface area contributed by atoms with E-state index in [4.69, 9.17) is 16.7 Å². The number of amides is 2. The largest absolute Gasteiger partial charge is 0.396 e. The molecule has 6 heteroatoms. The maximum atomic E-state index is 11.6. The van der Waals surface area contributed by atoms with Gasteiger partial charge < -0.3 is 15.7 Å². The Kier molecular flexibility index (Phi) is 5.79. The van der Waals surface area contributed by atoms with Gasteiger partial charge in [0.2, 0.25) is 0 Å². The van der Waals surface area contributed by atoms with Crippen LogP contribution in [-0.4, -0.2) is 29.6 Å². The maximum Gasteiger partial charge on any atom is 0.313 e. The third-order valence-corrected chi connectivity index (χ3v) is 3.06. The Morgan fingerprint density at radius 1 is 1.21 bits per heavy atom. The van der Waals surface area contributed by atoms with Crippen LogP contribution in [0.2, 0.25) is 5.02 Å². The van der Waals surface area contributed by atoms with Crippen LogP contribution >= 0.6 is 11.6 Å². The molecule has 3 N–H and O–H groups in total. The number of carbonyl (C=O) groups excluding carboxylic acids is 2. The molecule has 0 aliphatic rings. The van der Waals surface area contributed by atoms with E-state index in [0.29, 0.717) is 10.7 Å². The number of hydrogen-bond donors (Lipinski definition) is 3. The molecule has 0 aliphatic heterocycles. The molecule has 0 saturated heterocycles. The van der Waals surface area contributed by atoms with Crippen LogP contribution in [0.3, 0.4) is 0 Å². The first kappa shape index (κ1) is 15.5. The fourth-order valence-corrected chi connectivity index (χ4v) is 1.42. The zero-order valence-corrected chi connectivity index (χ0v) is 11.6. The summed E-state index contributed by atoms with van der Waals surface area (Å²) in [5.74, 6) is -1.60. The molecule has 1 aromatic carbocycles. The Labute approximate surface area is 117 Å². The highest BCUT2D eigenvalue weighted by Crippen LogP contribution is 2.13. The predicted octanol–water partition coefficient (Wildman–Crippen LogP) is 1.41. The van der Waals surface area contributed by atoms with Crippen LogP contribution in [0.15, 0.2) is 24.3 Å². The molecule has 19 heavy (non-hydrogen) atoms. The van der Waals surface area contributed by atoms with Crippen molar-refractivity contribution in [1.82, 2.24) is 5.32 Å². The lowest BCUT2D eigenvalue weighted by Crippen LogP contribution is -2.43. The highest BCUT2D eigenvalue weighted by molar-refractivity contribution is 6.39. The minimum atomic E-state index is -0.751. The summed E-state index contributed by atoms with van der Waals surface area (Å²) in [4.78, 5) is 23.2. The molecular formula is C13H17ClN2O3. The van der Waals surface area contributed by atoms with Gasteiger partial charge in [-0.1, -0.05) is 18.5 Å². The quantitative estimate of drug-likeness (QED) is 0.732. The second-order valence-corrected chi connectivity index (χ2v) is 4.82. The predicted molar refractivity (Wildman–Crippen MR) is 73.9 cm³/mol. The van der Waals surface area contributed by atoms with E-state index in [1.807, 2.05) is 0 Å². The minimum Gasteiger partial charge on any atom is -0.396 e. The molecule has 1 rings (SSSR count). The Balaban J connectivity index is 2.53. The van der Waals surface area contributed by atoms with Crippen LogP contribution < -0.4 is 10.6 Å². The van der Waals surface area contributed by atoms with E-state index in [0.717, 1.165) is 0 Å². The molecule has 0 aromatic heterocycles. The van der Waals surface area contributed by atoms with Gasteiger partial charge >= 0.3 is 11.8 Å². The van der Waals surface area contributed by atoms with Crippen molar-refractivity contribution in [3.05, 3.63) is 29.3 Å². The summed E-state index contributed by atoms with van der Waals surface area (Å²) in [5, 5.41) is 14.5. The summed E-state index contributed by atoms with van der Waals surface area (Å²) in [5.41, 5.74) is 0.493. The van der Waals surface area contributed by atoms with Crippen LogP contribution in [0.1, 0.15) is 13.8 Å². The topological polar surface area (TPSA) is 78.4 Å². The molecular weight excluding hydrogens is 268 g/mol. The van der Waals surface area contributed by atoms with Gasteiger partial charge in [-0.2, -0.15) is 0 Å². The smallest absolute Gasteiger partial charge is 0.313 e. The molecule has 0 bridgehead atoms. The minimum absolute atomic E-state index is 0.0553. The number of aliphatic hydroxyl groups excluding tert-OH is 1. The number of benzene rings is 1. The molecule has 0 heterocycles. The summed E-state index contributed by atoms with van der Waals surface area (Å²) in [6.45, 7) is 3.46. The monoisotopic (exact) mass is 284 g/mol. The first-order valence-electron chi connectivity index (χ1n) is 5.92. The van der Waals surface area contributed by atoms with Gasteiger partial charge in [0.05, 0.1) is 0 Å². The molecule has 0 fully saturated rings. The van der Waals surface area contributed by atoms with Gasteiger partial charge in [-0.3, -0.25) is 9.59 Å². The van der Waals surface area contributed by atoms with Crippen molar-refractivity contribution in [2.24, 2.45) is 5.92 Å². The Morgan fingerprint density at radius 3 is 2.32 bits per heavy atom. The number of carbonyl (C=O) groups is 2. The average molecular weight is 285 g/mol. The van der Waals surface area contributed by atoms with Crippen molar-refractivity contribution in [2.45, 2.75) is 19.9 Å². The normalized spacial score (nSPS) is 13.5. The maximum absolute atomic E-state index is 11.6. The van der Waals surface area contributed by atoms with E-state index in [1.54, 1.807) is 38.1 Å². The summed E-state index contributed by atoms with van der Waals surface area (Å²) < 4.78 is 0. The van der Waals surface area contributed by atoms with Crippen molar-refractivity contribution in [3.8, 4) is 0 Å². The highest BCUT2D eigenvalue weighted by Gasteiger charge is 2.19. The molecule has 1 aromatic rings. The molecule has 0 saturated carbocycles. The third-order valence-electron chi connectivity index (χ3n) is 2.81. The van der Waals surface area contributed by atoms with E-state index < -0.39 is 11.8 Å². The molecule has 2 amide bonds. The zero-order chi connectivity index (χ0) is 14.4. The summed E-state index contributed by atoms with van der Waals surface area (Å²) >= 11 is 5.71. The standard InChI is InChI=1S/C13H17ClN2O3/c1-8(7-17)9(2)15-12(18)13(19)16-11-5-3-10(14)4-6-11/h3-6,8-9,17H,7H2,1-2H3,(H,15,18)(H,16,19). The van der Waals surface area contributed by atoms with Crippen LogP contribution in [0, 0.1) is 5.92 Å². The van der Waals surface area contributed by atoms with Gasteiger partial charge in [0.25, 0.3) is 0 Å². The van der Waals surface area contributed by atoms with Crippen LogP contribution in [-0.2, 0) is 9.59 Å². The van der Waals surface area contributed by atoms with E-state index in [9.17, 15) is 9.59 Å². The average Bonchev–Trinajstić information content (AvgIpc) is 2.40. The lowest BCUT2D eigenvalue weighted by molar-refractivity contribution is -0.136. The van der Waals surface area contributed by atoms with Crippen molar-refractivity contribution >= 4 is 29.1 Å². The Bertz CT molecular complexity index is 448. The molecule has 2 unspecified atom stereocenters. The van der Waals surface area contributed by atoms with Crippen molar-refractivity contribution in [3.63, 3.8) is 0 Å². The molecule has 5 nitrogen and oxygen atoms in total. The highest BCUT2D eigenvalue weighted by atomic mass is 35.5. The lowest BCUT2D eigenvalue weighted by Gasteiger charge is -2.18. The van der Waals surface area contributed by atoms with Gasteiger partial charge in [-0.05, 0) is 37.1 Å².